The Morgan fingerprint density at radius 1 is 0.368 bits per heavy atom. The Morgan fingerprint density at radius 3 is 0.368 bits per heavy atom. The molecular weight excluding hydrogens is 246 g/mol. The summed E-state index contributed by atoms with van der Waals surface area (Å²) in [4.78, 5) is 25.0. The van der Waals surface area contributed by atoms with Gasteiger partial charge in [-0.05, 0) is 0 Å². The van der Waals surface area contributed by atoms with Crippen molar-refractivity contribution in [3.05, 3.63) is 0 Å². The molecule has 0 aliphatic rings. The second-order valence-corrected chi connectivity index (χ2v) is 0.306. The Labute approximate surface area is 124 Å². The molecule has 0 rings (SSSR count). The Kier molecular flexibility index (Phi) is 39000. The van der Waals surface area contributed by atoms with Gasteiger partial charge in [0.25, 0.3) is 0 Å². The summed E-state index contributed by atoms with van der Waals surface area (Å²) >= 11 is 0. The predicted octanol–water partition coefficient (Wildman–Crippen LogP) is 6.06. The third kappa shape index (κ3) is 933. The average molecular weight is 290 g/mol. The van der Waals surface area contributed by atoms with Gasteiger partial charge in [-0.1, -0.05) is 74.3 Å². The first kappa shape index (κ1) is 261. The van der Waals surface area contributed by atoms with E-state index >= 15 is 0 Å². The largest absolute Gasteiger partial charge is 0.231 e. The predicted molar refractivity (Wildman–Crippen MR) is 92.5 cm³/mol. The zero-order chi connectivity index (χ0) is 8.12. The maximum atomic E-state index is 8.35. The number of carbonyl (C=O) groups excluding carboxylic acids is 3. The molecule has 6 nitrogen and oxygen atoms in total. The molecule has 19 heavy (non-hydrogen) atoms. The highest BCUT2D eigenvalue weighted by atomic mass is 16.1. The topological polar surface area (TPSA) is 123 Å². The van der Waals surface area contributed by atoms with Gasteiger partial charge in [0.15, 0.2) is 0 Å². The zero-order valence-electron chi connectivity index (χ0n) is 4.22. The summed E-state index contributed by atoms with van der Waals surface area (Å²) in [6, 6.07) is 0. The van der Waals surface area contributed by atoms with Crippen LogP contribution in [0.5, 0.6) is 0 Å². The van der Waals surface area contributed by atoms with Gasteiger partial charge in [-0.25, -0.2) is 30.6 Å². The second-order valence-electron chi connectivity index (χ2n) is 0.306. The van der Waals surface area contributed by atoms with Crippen molar-refractivity contribution in [2.45, 2.75) is 74.3 Å². The molecule has 0 aromatic heterocycles. The minimum Gasteiger partial charge on any atom is -0.222 e. The van der Waals surface area contributed by atoms with E-state index in [-0.39, 0.29) is 74.3 Å². The minimum absolute atomic E-state index is 0. The van der Waals surface area contributed by atoms with Crippen molar-refractivity contribution in [2.24, 2.45) is 0 Å². The molecule has 0 saturated carbocycles. The molecule has 6 heteroatoms. The lowest BCUT2D eigenvalue weighted by molar-refractivity contribution is 0.562. The molecular formula is C13H43N3O3. The summed E-state index contributed by atoms with van der Waals surface area (Å²) in [6.45, 7) is 0. The molecule has 0 bridgehead atoms. The number of hydrogen-bond acceptors (Lipinski definition) is 6. The molecule has 3 N–H and O–H groups in total. The van der Waals surface area contributed by atoms with Crippen LogP contribution in [0, 0.1) is 16.2 Å². The molecule has 0 spiro atoms. The molecule has 0 amide bonds. The Bertz CT molecular complexity index is 115. The summed E-state index contributed by atoms with van der Waals surface area (Å²) in [5, 5.41) is 16.2. The summed E-state index contributed by atoms with van der Waals surface area (Å²) in [5.41, 5.74) is 0. The lowest BCUT2D eigenvalue weighted by Crippen LogP contribution is -1.16. The monoisotopic (exact) mass is 289 g/mol. The second kappa shape index (κ2) is 2850. The standard InChI is InChI=1S/3CHNO.10CH4/c3*2-1-3;;;;;;;;;;/h3*2H;10*1H4. The van der Waals surface area contributed by atoms with E-state index in [0.717, 1.165) is 18.2 Å². The summed E-state index contributed by atoms with van der Waals surface area (Å²) < 4.78 is 0. The van der Waals surface area contributed by atoms with Crippen LogP contribution in [0.15, 0.2) is 0 Å². The van der Waals surface area contributed by atoms with Crippen molar-refractivity contribution in [1.29, 1.82) is 16.2 Å². The van der Waals surface area contributed by atoms with E-state index in [1.54, 1.807) is 0 Å². The fourth-order valence-electron chi connectivity index (χ4n) is 0. The number of hydrogen-bond donors (Lipinski definition) is 3. The van der Waals surface area contributed by atoms with E-state index < -0.39 is 0 Å². The van der Waals surface area contributed by atoms with Gasteiger partial charge in [0.05, 0.1) is 0 Å². The van der Waals surface area contributed by atoms with Gasteiger partial charge in [-0.3, -0.25) is 0 Å². The van der Waals surface area contributed by atoms with Gasteiger partial charge in [0, 0.05) is 0 Å². The van der Waals surface area contributed by atoms with Crippen LogP contribution < -0.4 is 0 Å². The maximum Gasteiger partial charge on any atom is 0.231 e. The van der Waals surface area contributed by atoms with Crippen molar-refractivity contribution in [2.75, 3.05) is 0 Å². The van der Waals surface area contributed by atoms with Gasteiger partial charge >= 0.3 is 0 Å². The molecule has 0 aromatic rings. The van der Waals surface area contributed by atoms with Crippen molar-refractivity contribution >= 4 is 18.2 Å². The van der Waals surface area contributed by atoms with Crippen LogP contribution in [0.25, 0.3) is 0 Å². The SMILES string of the molecule is C.C.C.C.C.C.C.C.C.C.N=C=O.N=C=O.N=C=O. The van der Waals surface area contributed by atoms with E-state index in [1.807, 2.05) is 0 Å². The zero-order valence-corrected chi connectivity index (χ0v) is 4.22. The van der Waals surface area contributed by atoms with E-state index in [1.165, 1.54) is 0 Å². The lowest BCUT2D eigenvalue weighted by atomic mass is 11.7. The highest BCUT2D eigenvalue weighted by Crippen LogP contribution is 0.874. The highest BCUT2D eigenvalue weighted by molar-refractivity contribution is 5.26. The smallest absolute Gasteiger partial charge is 0.222 e. The lowest BCUT2D eigenvalue weighted by Gasteiger charge is -1.02. The molecule has 0 saturated heterocycles. The van der Waals surface area contributed by atoms with E-state index in [2.05, 4.69) is 0 Å². The van der Waals surface area contributed by atoms with Crippen LogP contribution in [0.4, 0.5) is 0 Å². The molecule has 0 fully saturated rings. The molecule has 128 valence electrons. The van der Waals surface area contributed by atoms with Crippen LogP contribution >= 0.6 is 0 Å². The molecule has 0 radical (unpaired) electrons. The molecule has 0 heterocycles. The van der Waals surface area contributed by atoms with Crippen molar-refractivity contribution in [3.63, 3.8) is 0 Å². The quantitative estimate of drug-likeness (QED) is 0.370. The summed E-state index contributed by atoms with van der Waals surface area (Å²) in [6.07, 6.45) is 2.25. The third-order valence-electron chi connectivity index (χ3n) is 0. The first-order chi connectivity index (χ1) is 4.24. The maximum absolute atomic E-state index is 8.35. The first-order valence-corrected chi connectivity index (χ1v) is 1.36. The van der Waals surface area contributed by atoms with E-state index in [9.17, 15) is 0 Å². The molecule has 0 aromatic carbocycles. The number of rotatable bonds is 0. The van der Waals surface area contributed by atoms with Crippen molar-refractivity contribution < 1.29 is 14.4 Å². The van der Waals surface area contributed by atoms with Crippen LogP contribution in [-0.4, -0.2) is 18.2 Å². The van der Waals surface area contributed by atoms with E-state index in [0.29, 0.717) is 0 Å². The van der Waals surface area contributed by atoms with E-state index in [4.69, 9.17) is 30.6 Å². The van der Waals surface area contributed by atoms with Gasteiger partial charge in [-0.15, -0.1) is 0 Å². The Balaban J connectivity index is -0.00000000205. The average Bonchev–Trinajstić information content (AvgIpc) is 1.70. The van der Waals surface area contributed by atoms with Crippen LogP contribution in [0.3, 0.4) is 0 Å². The minimum atomic E-state index is 0. The molecule has 0 aliphatic heterocycles. The Hall–Kier alpha value is -1.86. The molecule has 0 unspecified atom stereocenters. The van der Waals surface area contributed by atoms with Crippen LogP contribution in [-0.2, 0) is 14.4 Å². The van der Waals surface area contributed by atoms with Crippen molar-refractivity contribution in [1.82, 2.24) is 0 Å². The van der Waals surface area contributed by atoms with Gasteiger partial charge in [0.2, 0.25) is 18.2 Å². The summed E-state index contributed by atoms with van der Waals surface area (Å²) in [5.74, 6) is 0. The normalized spacial score (nSPS) is 1.26. The number of isocyanates is 3. The number of nitrogens with one attached hydrogen (secondary N) is 3. The van der Waals surface area contributed by atoms with Crippen LogP contribution in [0.2, 0.25) is 0 Å². The van der Waals surface area contributed by atoms with Gasteiger partial charge in [0.1, 0.15) is 0 Å². The van der Waals surface area contributed by atoms with Crippen LogP contribution in [0.1, 0.15) is 74.3 Å². The molecule has 0 aliphatic carbocycles. The summed E-state index contributed by atoms with van der Waals surface area (Å²) in [7, 11) is 0. The van der Waals surface area contributed by atoms with Crippen molar-refractivity contribution in [3.8, 4) is 0 Å². The van der Waals surface area contributed by atoms with Gasteiger partial charge in [-0.2, -0.15) is 0 Å². The third-order valence-corrected chi connectivity index (χ3v) is 0. The fraction of sp³-hybridized carbons (Fsp3) is 0.769. The highest BCUT2D eigenvalue weighted by Gasteiger charge is 1.04. The Morgan fingerprint density at radius 2 is 0.368 bits per heavy atom. The van der Waals surface area contributed by atoms with Gasteiger partial charge < -0.3 is 0 Å². The molecule has 0 atom stereocenters. The fourth-order valence-corrected chi connectivity index (χ4v) is 0. The first-order valence-electron chi connectivity index (χ1n) is 1.36.